The van der Waals surface area contributed by atoms with E-state index in [-0.39, 0.29) is 24.5 Å². The van der Waals surface area contributed by atoms with E-state index >= 15 is 0 Å². The molecular weight excluding hydrogens is 332 g/mol. The summed E-state index contributed by atoms with van der Waals surface area (Å²) >= 11 is 0. The zero-order valence-corrected chi connectivity index (χ0v) is 15.3. The number of aromatic amines is 1. The van der Waals surface area contributed by atoms with Crippen molar-refractivity contribution < 1.29 is 14.3 Å². The summed E-state index contributed by atoms with van der Waals surface area (Å²) in [4.78, 5) is 36.1. The molecule has 1 saturated heterocycles. The van der Waals surface area contributed by atoms with E-state index in [1.807, 2.05) is 44.2 Å². The molecule has 2 heterocycles. The Hall–Kier alpha value is -2.67. The second-order valence-corrected chi connectivity index (χ2v) is 6.71. The molecule has 138 valence electrons. The summed E-state index contributed by atoms with van der Waals surface area (Å²) in [6.07, 6.45) is 2.62. The topological polar surface area (TPSA) is 78.5 Å². The van der Waals surface area contributed by atoms with E-state index in [0.29, 0.717) is 12.4 Å². The van der Waals surface area contributed by atoms with Crippen LogP contribution in [0.2, 0.25) is 0 Å². The Labute approximate surface area is 153 Å². The molecule has 0 unspecified atom stereocenters. The number of nitrogens with zero attached hydrogens (tertiary/aromatic N) is 3. The summed E-state index contributed by atoms with van der Waals surface area (Å²) in [5, 5.41) is 0. The van der Waals surface area contributed by atoms with Gasteiger partial charge in [0.25, 0.3) is 5.91 Å². The van der Waals surface area contributed by atoms with Crippen molar-refractivity contribution in [2.45, 2.75) is 38.6 Å². The molecule has 0 aliphatic carbocycles. The van der Waals surface area contributed by atoms with Crippen LogP contribution in [-0.4, -0.2) is 57.4 Å². The van der Waals surface area contributed by atoms with Crippen molar-refractivity contribution in [3.8, 4) is 0 Å². The summed E-state index contributed by atoms with van der Waals surface area (Å²) in [5.41, 5.74) is 0.888. The van der Waals surface area contributed by atoms with E-state index in [9.17, 15) is 9.59 Å². The normalized spacial score (nSPS) is 20.5. The summed E-state index contributed by atoms with van der Waals surface area (Å²) in [7, 11) is 1.71. The maximum Gasteiger partial charge on any atom is 0.254 e. The van der Waals surface area contributed by atoms with E-state index in [1.54, 1.807) is 29.2 Å². The van der Waals surface area contributed by atoms with Gasteiger partial charge in [0.15, 0.2) is 6.10 Å². The van der Waals surface area contributed by atoms with Crippen molar-refractivity contribution in [1.29, 1.82) is 0 Å². The predicted octanol–water partition coefficient (Wildman–Crippen LogP) is 1.75. The van der Waals surface area contributed by atoms with E-state index in [2.05, 4.69) is 9.97 Å². The molecule has 1 aliphatic rings. The Kier molecular flexibility index (Phi) is 5.37. The van der Waals surface area contributed by atoms with Gasteiger partial charge in [0.2, 0.25) is 5.91 Å². The van der Waals surface area contributed by atoms with Crippen LogP contribution in [0.3, 0.4) is 0 Å². The summed E-state index contributed by atoms with van der Waals surface area (Å²) < 4.78 is 5.73. The average Bonchev–Trinajstić information content (AvgIpc) is 3.14. The van der Waals surface area contributed by atoms with Crippen LogP contribution in [0, 0.1) is 0 Å². The molecule has 1 aromatic heterocycles. The molecule has 0 saturated carbocycles. The van der Waals surface area contributed by atoms with Crippen LogP contribution in [0.5, 0.6) is 0 Å². The molecule has 3 rings (SSSR count). The highest BCUT2D eigenvalue weighted by atomic mass is 16.5. The lowest BCUT2D eigenvalue weighted by molar-refractivity contribution is -0.171. The van der Waals surface area contributed by atoms with Gasteiger partial charge in [-0.15, -0.1) is 0 Å². The van der Waals surface area contributed by atoms with Gasteiger partial charge < -0.3 is 19.5 Å². The number of benzene rings is 1. The molecule has 0 radical (unpaired) electrons. The van der Waals surface area contributed by atoms with Gasteiger partial charge in [-0.1, -0.05) is 30.3 Å². The van der Waals surface area contributed by atoms with Gasteiger partial charge in [-0.2, -0.15) is 0 Å². The predicted molar refractivity (Wildman–Crippen MR) is 96.0 cm³/mol. The minimum absolute atomic E-state index is 0.0396. The zero-order valence-electron chi connectivity index (χ0n) is 15.3. The first-order valence-electron chi connectivity index (χ1n) is 8.70. The number of ether oxygens (including phenoxy) is 1. The van der Waals surface area contributed by atoms with Gasteiger partial charge in [0.05, 0.1) is 12.6 Å². The van der Waals surface area contributed by atoms with Gasteiger partial charge >= 0.3 is 0 Å². The first-order valence-corrected chi connectivity index (χ1v) is 8.70. The van der Waals surface area contributed by atoms with E-state index in [0.717, 1.165) is 5.56 Å². The minimum atomic E-state index is -0.752. The van der Waals surface area contributed by atoms with Crippen LogP contribution in [0.4, 0.5) is 0 Å². The Morgan fingerprint density at radius 1 is 1.38 bits per heavy atom. The number of carbonyl (C=O) groups excluding carboxylic acids is 2. The molecule has 1 aliphatic heterocycles. The highest BCUT2D eigenvalue weighted by Gasteiger charge is 2.43. The SMILES string of the molecule is CC(C)N1C(=O)CO[C@H](C(=O)N(C)Cc2ncc[nH]2)[C@H]1c1ccccc1. The Bertz CT molecular complexity index is 745. The Balaban J connectivity index is 1.89. The summed E-state index contributed by atoms with van der Waals surface area (Å²) in [6, 6.07) is 9.08. The molecule has 7 nitrogen and oxygen atoms in total. The highest BCUT2D eigenvalue weighted by molar-refractivity contribution is 5.86. The van der Waals surface area contributed by atoms with Crippen molar-refractivity contribution in [3.05, 3.63) is 54.1 Å². The van der Waals surface area contributed by atoms with Crippen molar-refractivity contribution in [1.82, 2.24) is 19.8 Å². The number of carbonyl (C=O) groups is 2. The van der Waals surface area contributed by atoms with Crippen LogP contribution in [0.1, 0.15) is 31.3 Å². The van der Waals surface area contributed by atoms with Gasteiger partial charge in [-0.25, -0.2) is 4.98 Å². The van der Waals surface area contributed by atoms with Crippen LogP contribution in [0.15, 0.2) is 42.7 Å². The standard InChI is InChI=1S/C19H24N4O3/c1-13(2)23-16(24)12-26-18(17(23)14-7-5-4-6-8-14)19(25)22(3)11-15-20-9-10-21-15/h4-10,13,17-18H,11-12H2,1-3H3,(H,20,21)/t17-,18+/m1/s1. The van der Waals surface area contributed by atoms with Crippen molar-refractivity contribution in [2.24, 2.45) is 0 Å². The van der Waals surface area contributed by atoms with E-state index < -0.39 is 12.1 Å². The van der Waals surface area contributed by atoms with Crippen LogP contribution in [0.25, 0.3) is 0 Å². The fourth-order valence-corrected chi connectivity index (χ4v) is 3.33. The first kappa shape index (κ1) is 18.1. The maximum absolute atomic E-state index is 13.1. The smallest absolute Gasteiger partial charge is 0.254 e. The van der Waals surface area contributed by atoms with Crippen LogP contribution < -0.4 is 0 Å². The van der Waals surface area contributed by atoms with Crippen LogP contribution in [-0.2, 0) is 20.9 Å². The molecule has 2 aromatic rings. The number of morpholine rings is 1. The second-order valence-electron chi connectivity index (χ2n) is 6.71. The number of amides is 2. The number of aromatic nitrogens is 2. The Morgan fingerprint density at radius 2 is 2.12 bits per heavy atom. The number of rotatable bonds is 5. The van der Waals surface area contributed by atoms with Crippen molar-refractivity contribution in [3.63, 3.8) is 0 Å². The zero-order chi connectivity index (χ0) is 18.7. The molecular formula is C19H24N4O3. The quantitative estimate of drug-likeness (QED) is 0.885. The summed E-state index contributed by atoms with van der Waals surface area (Å²) in [5.74, 6) is 0.421. The fourth-order valence-electron chi connectivity index (χ4n) is 3.33. The molecule has 7 heteroatoms. The minimum Gasteiger partial charge on any atom is -0.356 e. The van der Waals surface area contributed by atoms with Gasteiger partial charge in [-0.3, -0.25) is 9.59 Å². The second kappa shape index (κ2) is 7.70. The number of H-pyrrole nitrogens is 1. The number of imidazole rings is 1. The van der Waals surface area contributed by atoms with Gasteiger partial charge in [0.1, 0.15) is 12.4 Å². The molecule has 2 amide bonds. The van der Waals surface area contributed by atoms with E-state index in [1.165, 1.54) is 0 Å². The molecule has 1 aromatic carbocycles. The fraction of sp³-hybridized carbons (Fsp3) is 0.421. The van der Waals surface area contributed by atoms with Crippen molar-refractivity contribution >= 4 is 11.8 Å². The highest BCUT2D eigenvalue weighted by Crippen LogP contribution is 2.32. The first-order chi connectivity index (χ1) is 12.5. The summed E-state index contributed by atoms with van der Waals surface area (Å²) in [6.45, 7) is 4.16. The van der Waals surface area contributed by atoms with Gasteiger partial charge in [-0.05, 0) is 19.4 Å². The lowest BCUT2D eigenvalue weighted by Gasteiger charge is -2.43. The number of nitrogens with one attached hydrogen (secondary N) is 1. The Morgan fingerprint density at radius 3 is 2.73 bits per heavy atom. The molecule has 1 fully saturated rings. The monoisotopic (exact) mass is 356 g/mol. The maximum atomic E-state index is 13.1. The van der Waals surface area contributed by atoms with Crippen molar-refractivity contribution in [2.75, 3.05) is 13.7 Å². The molecule has 0 spiro atoms. The molecule has 1 N–H and O–H groups in total. The third kappa shape index (κ3) is 3.62. The molecule has 2 atom stereocenters. The van der Waals surface area contributed by atoms with E-state index in [4.69, 9.17) is 4.74 Å². The third-order valence-electron chi connectivity index (χ3n) is 4.52. The lowest BCUT2D eigenvalue weighted by Crippen LogP contribution is -2.56. The lowest BCUT2D eigenvalue weighted by atomic mass is 9.95. The number of hydrogen-bond donors (Lipinski definition) is 1. The van der Waals surface area contributed by atoms with Gasteiger partial charge in [0, 0.05) is 25.5 Å². The molecule has 26 heavy (non-hydrogen) atoms. The largest absolute Gasteiger partial charge is 0.356 e. The number of likely N-dealkylation sites (N-methyl/N-ethyl adjacent to an activating group) is 1. The van der Waals surface area contributed by atoms with Crippen LogP contribution >= 0.6 is 0 Å². The third-order valence-corrected chi connectivity index (χ3v) is 4.52. The number of hydrogen-bond acceptors (Lipinski definition) is 4. The molecule has 0 bridgehead atoms. The average molecular weight is 356 g/mol.